The molecule has 2 amide bonds. The Balaban J connectivity index is 1.40. The maximum absolute atomic E-state index is 12.4. The maximum Gasteiger partial charge on any atom is 0.343 e. The van der Waals surface area contributed by atoms with E-state index >= 15 is 0 Å². The molecule has 0 heterocycles. The normalized spacial score (nSPS) is 10.8. The number of carbonyl (C=O) groups excluding carboxylic acids is 3. The van der Waals surface area contributed by atoms with E-state index in [1.807, 2.05) is 30.3 Å². The number of nitrogens with one attached hydrogen (secondary N) is 2. The number of amides is 2. The fraction of sp³-hybridized carbons (Fsp3) is 0.0714. The average molecular weight is 516 g/mol. The molecule has 0 aromatic heterocycles. The molecule has 0 saturated heterocycles. The Hall–Kier alpha value is -4.69. The van der Waals surface area contributed by atoms with Crippen molar-refractivity contribution in [3.05, 3.63) is 101 Å². The summed E-state index contributed by atoms with van der Waals surface area (Å²) >= 11 is 5.86. The molecule has 0 aliphatic carbocycles. The number of carbonyl (C=O) groups is 3. The predicted octanol–water partition coefficient (Wildman–Crippen LogP) is 5.20. The smallest absolute Gasteiger partial charge is 0.343 e. The summed E-state index contributed by atoms with van der Waals surface area (Å²) in [5, 5.41) is 8.71. The zero-order valence-electron chi connectivity index (χ0n) is 19.7. The van der Waals surface area contributed by atoms with Gasteiger partial charge in [0, 0.05) is 16.1 Å². The molecule has 9 heteroatoms. The van der Waals surface area contributed by atoms with Crippen LogP contribution in [0.1, 0.15) is 22.8 Å². The van der Waals surface area contributed by atoms with Crippen molar-refractivity contribution in [2.24, 2.45) is 5.10 Å². The zero-order chi connectivity index (χ0) is 26.2. The Labute approximate surface area is 217 Å². The number of benzene rings is 4. The Morgan fingerprint density at radius 2 is 1.65 bits per heavy atom. The Kier molecular flexibility index (Phi) is 8.12. The van der Waals surface area contributed by atoms with Gasteiger partial charge in [-0.3, -0.25) is 9.59 Å². The standard InChI is InChI=1S/C28H22ClN3O5/c1-2-36-25-16-18(10-15-24(25)37-28(35)20-11-13-21(29)14-12-20)17-30-32-27(34)26(33)31-23-9-5-7-19-6-3-4-8-22(19)23/h3-17H,2H2,1H3,(H,31,33)(H,32,34). The highest BCUT2D eigenvalue weighted by Gasteiger charge is 2.15. The van der Waals surface area contributed by atoms with Crippen molar-refractivity contribution < 1.29 is 23.9 Å². The number of fused-ring (bicyclic) bond motifs is 1. The molecule has 0 radical (unpaired) electrons. The van der Waals surface area contributed by atoms with Gasteiger partial charge in [-0.2, -0.15) is 5.10 Å². The van der Waals surface area contributed by atoms with Crippen molar-refractivity contribution in [1.29, 1.82) is 0 Å². The van der Waals surface area contributed by atoms with Crippen LogP contribution in [0.15, 0.2) is 90.0 Å². The second-order valence-electron chi connectivity index (χ2n) is 7.72. The molecule has 4 aromatic carbocycles. The highest BCUT2D eigenvalue weighted by molar-refractivity contribution is 6.40. The van der Waals surface area contributed by atoms with Gasteiger partial charge in [-0.25, -0.2) is 10.2 Å². The largest absolute Gasteiger partial charge is 0.490 e. The van der Waals surface area contributed by atoms with Crippen LogP contribution in [0.5, 0.6) is 11.5 Å². The SMILES string of the molecule is CCOc1cc(C=NNC(=O)C(=O)Nc2cccc3ccccc23)ccc1OC(=O)c1ccc(Cl)cc1. The van der Waals surface area contributed by atoms with Gasteiger partial charge in [0.15, 0.2) is 11.5 Å². The second kappa shape index (κ2) is 11.8. The molecule has 4 rings (SSSR count). The van der Waals surface area contributed by atoms with Crippen molar-refractivity contribution in [1.82, 2.24) is 5.43 Å². The molecular weight excluding hydrogens is 494 g/mol. The number of hydrazone groups is 1. The van der Waals surface area contributed by atoms with Crippen LogP contribution in [-0.4, -0.2) is 30.6 Å². The quantitative estimate of drug-likeness (QED) is 0.116. The van der Waals surface area contributed by atoms with Gasteiger partial charge in [0.25, 0.3) is 0 Å². The minimum absolute atomic E-state index is 0.220. The van der Waals surface area contributed by atoms with Crippen LogP contribution < -0.4 is 20.2 Å². The fourth-order valence-corrected chi connectivity index (χ4v) is 3.56. The first-order chi connectivity index (χ1) is 17.9. The number of esters is 1. The van der Waals surface area contributed by atoms with Crippen molar-refractivity contribution in [2.75, 3.05) is 11.9 Å². The second-order valence-corrected chi connectivity index (χ2v) is 8.15. The zero-order valence-corrected chi connectivity index (χ0v) is 20.5. The summed E-state index contributed by atoms with van der Waals surface area (Å²) in [6.45, 7) is 2.12. The summed E-state index contributed by atoms with van der Waals surface area (Å²) in [5.74, 6) is -1.81. The molecule has 0 fully saturated rings. The van der Waals surface area contributed by atoms with Gasteiger partial charge in [-0.15, -0.1) is 0 Å². The Morgan fingerprint density at radius 1 is 0.892 bits per heavy atom. The Morgan fingerprint density at radius 3 is 2.43 bits per heavy atom. The lowest BCUT2D eigenvalue weighted by molar-refractivity contribution is -0.136. The molecule has 186 valence electrons. The van der Waals surface area contributed by atoms with Crippen LogP contribution in [0.3, 0.4) is 0 Å². The molecule has 0 unspecified atom stereocenters. The number of anilines is 1. The first-order valence-corrected chi connectivity index (χ1v) is 11.7. The number of ether oxygens (including phenoxy) is 2. The monoisotopic (exact) mass is 515 g/mol. The van der Waals surface area contributed by atoms with Crippen LogP contribution in [0.4, 0.5) is 5.69 Å². The minimum Gasteiger partial charge on any atom is -0.490 e. The summed E-state index contributed by atoms with van der Waals surface area (Å²) < 4.78 is 11.1. The Bertz CT molecular complexity index is 1480. The van der Waals surface area contributed by atoms with Crippen LogP contribution in [0.2, 0.25) is 5.02 Å². The molecule has 0 saturated carbocycles. The van der Waals surface area contributed by atoms with Crippen molar-refractivity contribution in [2.45, 2.75) is 6.92 Å². The summed E-state index contributed by atoms with van der Waals surface area (Å²) in [6, 6.07) is 24.0. The summed E-state index contributed by atoms with van der Waals surface area (Å²) in [7, 11) is 0. The number of hydrogen-bond donors (Lipinski definition) is 2. The van der Waals surface area contributed by atoms with E-state index in [9.17, 15) is 14.4 Å². The molecular formula is C28H22ClN3O5. The molecule has 0 atom stereocenters. The van der Waals surface area contributed by atoms with E-state index in [4.69, 9.17) is 21.1 Å². The fourth-order valence-electron chi connectivity index (χ4n) is 3.43. The number of hydrogen-bond acceptors (Lipinski definition) is 6. The lowest BCUT2D eigenvalue weighted by Crippen LogP contribution is -2.32. The highest BCUT2D eigenvalue weighted by Crippen LogP contribution is 2.29. The van der Waals surface area contributed by atoms with E-state index < -0.39 is 17.8 Å². The molecule has 0 bridgehead atoms. The third-order valence-electron chi connectivity index (χ3n) is 5.17. The van der Waals surface area contributed by atoms with E-state index in [0.717, 1.165) is 10.8 Å². The van der Waals surface area contributed by atoms with Crippen molar-refractivity contribution >= 4 is 52.1 Å². The predicted molar refractivity (Wildman–Crippen MR) is 142 cm³/mol. The molecule has 0 aliphatic rings. The number of halogens is 1. The van der Waals surface area contributed by atoms with E-state index in [1.54, 1.807) is 61.5 Å². The summed E-state index contributed by atoms with van der Waals surface area (Å²) in [4.78, 5) is 37.0. The first kappa shape index (κ1) is 25.4. The van der Waals surface area contributed by atoms with Gasteiger partial charge in [-0.1, -0.05) is 48.0 Å². The van der Waals surface area contributed by atoms with E-state index in [2.05, 4.69) is 15.8 Å². The van der Waals surface area contributed by atoms with E-state index in [0.29, 0.717) is 34.2 Å². The maximum atomic E-state index is 12.4. The van der Waals surface area contributed by atoms with Gasteiger partial charge in [0.2, 0.25) is 0 Å². The average Bonchev–Trinajstić information content (AvgIpc) is 2.90. The van der Waals surface area contributed by atoms with Crippen LogP contribution in [0, 0.1) is 0 Å². The summed E-state index contributed by atoms with van der Waals surface area (Å²) in [5.41, 5.74) is 3.61. The van der Waals surface area contributed by atoms with Gasteiger partial charge >= 0.3 is 17.8 Å². The molecule has 0 spiro atoms. The lowest BCUT2D eigenvalue weighted by Gasteiger charge is -2.11. The summed E-state index contributed by atoms with van der Waals surface area (Å²) in [6.07, 6.45) is 1.34. The lowest BCUT2D eigenvalue weighted by atomic mass is 10.1. The number of nitrogens with zero attached hydrogens (tertiary/aromatic N) is 1. The highest BCUT2D eigenvalue weighted by atomic mass is 35.5. The van der Waals surface area contributed by atoms with Crippen LogP contribution >= 0.6 is 11.6 Å². The van der Waals surface area contributed by atoms with E-state index in [-0.39, 0.29) is 5.75 Å². The van der Waals surface area contributed by atoms with Crippen molar-refractivity contribution in [3.63, 3.8) is 0 Å². The first-order valence-electron chi connectivity index (χ1n) is 11.3. The van der Waals surface area contributed by atoms with Gasteiger partial charge in [-0.05, 0) is 66.4 Å². The van der Waals surface area contributed by atoms with E-state index in [1.165, 1.54) is 6.21 Å². The van der Waals surface area contributed by atoms with Gasteiger partial charge < -0.3 is 14.8 Å². The topological polar surface area (TPSA) is 106 Å². The third kappa shape index (κ3) is 6.50. The molecule has 2 N–H and O–H groups in total. The molecule has 8 nitrogen and oxygen atoms in total. The molecule has 37 heavy (non-hydrogen) atoms. The van der Waals surface area contributed by atoms with Gasteiger partial charge in [0.05, 0.1) is 18.4 Å². The molecule has 0 aliphatic heterocycles. The van der Waals surface area contributed by atoms with Crippen LogP contribution in [0.25, 0.3) is 10.8 Å². The third-order valence-corrected chi connectivity index (χ3v) is 5.43. The number of rotatable bonds is 7. The van der Waals surface area contributed by atoms with Crippen LogP contribution in [-0.2, 0) is 9.59 Å². The van der Waals surface area contributed by atoms with Gasteiger partial charge in [0.1, 0.15) is 0 Å². The minimum atomic E-state index is -0.928. The van der Waals surface area contributed by atoms with Crippen molar-refractivity contribution in [3.8, 4) is 11.5 Å². The molecule has 4 aromatic rings.